The topological polar surface area (TPSA) is 69.0 Å². The number of anilines is 1. The van der Waals surface area contributed by atoms with Gasteiger partial charge in [0, 0.05) is 12.4 Å². The molecule has 6 heteroatoms. The van der Waals surface area contributed by atoms with Crippen molar-refractivity contribution in [2.75, 3.05) is 11.9 Å². The average Bonchev–Trinajstić information content (AvgIpc) is 2.88. The number of carbonyl (C=O) groups excluding carboxylic acids is 1. The van der Waals surface area contributed by atoms with Crippen LogP contribution >= 0.6 is 0 Å². The molecule has 122 valence electrons. The number of hydrogen-bond donors (Lipinski definition) is 1. The van der Waals surface area contributed by atoms with Gasteiger partial charge in [-0.3, -0.25) is 9.48 Å². The molecule has 1 atom stereocenters. The van der Waals surface area contributed by atoms with Crippen LogP contribution in [0, 0.1) is 12.8 Å². The van der Waals surface area contributed by atoms with Gasteiger partial charge in [-0.15, -0.1) is 0 Å². The van der Waals surface area contributed by atoms with Crippen molar-refractivity contribution in [3.05, 3.63) is 47.8 Å². The summed E-state index contributed by atoms with van der Waals surface area (Å²) in [6.45, 7) is 2.33. The highest BCUT2D eigenvalue weighted by molar-refractivity contribution is 5.95. The Morgan fingerprint density at radius 1 is 1.38 bits per heavy atom. The zero-order chi connectivity index (χ0) is 16.7. The van der Waals surface area contributed by atoms with E-state index in [4.69, 9.17) is 4.74 Å². The Morgan fingerprint density at radius 3 is 3.08 bits per heavy atom. The van der Waals surface area contributed by atoms with E-state index >= 15 is 0 Å². The highest BCUT2D eigenvalue weighted by Crippen LogP contribution is 2.27. The van der Waals surface area contributed by atoms with Crippen molar-refractivity contribution in [2.24, 2.45) is 13.0 Å². The molecule has 2 aromatic heterocycles. The van der Waals surface area contributed by atoms with E-state index in [2.05, 4.69) is 15.4 Å². The molecule has 1 aromatic carbocycles. The van der Waals surface area contributed by atoms with Crippen LogP contribution in [0.1, 0.15) is 11.3 Å². The Bertz CT molecular complexity index is 932. The average molecular weight is 322 g/mol. The molecule has 6 nitrogen and oxygen atoms in total. The minimum Gasteiger partial charge on any atom is -0.492 e. The fourth-order valence-electron chi connectivity index (χ4n) is 3.12. The van der Waals surface area contributed by atoms with Crippen molar-refractivity contribution in [3.63, 3.8) is 0 Å². The van der Waals surface area contributed by atoms with Gasteiger partial charge in [0.25, 0.3) is 0 Å². The molecule has 1 aliphatic heterocycles. The highest BCUT2D eigenvalue weighted by atomic mass is 16.5. The van der Waals surface area contributed by atoms with E-state index in [1.165, 1.54) is 0 Å². The number of pyridine rings is 1. The Balaban J connectivity index is 1.53. The lowest BCUT2D eigenvalue weighted by molar-refractivity contribution is -0.121. The summed E-state index contributed by atoms with van der Waals surface area (Å²) in [5.41, 5.74) is 3.45. The Morgan fingerprint density at radius 2 is 2.21 bits per heavy atom. The van der Waals surface area contributed by atoms with Gasteiger partial charge in [-0.25, -0.2) is 4.98 Å². The molecule has 24 heavy (non-hydrogen) atoms. The SMILES string of the molecule is Cc1nn(C)c2ncc(NC(=O)C3COc4ccccc4C3)cc12. The third-order valence-corrected chi connectivity index (χ3v) is 4.38. The summed E-state index contributed by atoms with van der Waals surface area (Å²) >= 11 is 0. The van der Waals surface area contributed by atoms with Gasteiger partial charge >= 0.3 is 0 Å². The Labute approximate surface area is 139 Å². The number of amides is 1. The van der Waals surface area contributed by atoms with E-state index in [1.807, 2.05) is 44.3 Å². The molecule has 3 aromatic rings. The Hall–Kier alpha value is -2.89. The molecule has 1 N–H and O–H groups in total. The number of rotatable bonds is 2. The quantitative estimate of drug-likeness (QED) is 0.787. The molecule has 4 rings (SSSR count). The molecule has 0 radical (unpaired) electrons. The first-order valence-electron chi connectivity index (χ1n) is 7.93. The molecule has 0 spiro atoms. The van der Waals surface area contributed by atoms with E-state index in [0.717, 1.165) is 28.0 Å². The number of fused-ring (bicyclic) bond motifs is 2. The molecule has 3 heterocycles. The van der Waals surface area contributed by atoms with E-state index in [9.17, 15) is 4.79 Å². The van der Waals surface area contributed by atoms with Crippen molar-refractivity contribution < 1.29 is 9.53 Å². The largest absolute Gasteiger partial charge is 0.492 e. The van der Waals surface area contributed by atoms with E-state index in [0.29, 0.717) is 18.7 Å². The van der Waals surface area contributed by atoms with Crippen molar-refractivity contribution in [2.45, 2.75) is 13.3 Å². The first kappa shape index (κ1) is 14.7. The molecule has 0 aliphatic carbocycles. The number of nitrogens with one attached hydrogen (secondary N) is 1. The third kappa shape index (κ3) is 2.50. The van der Waals surface area contributed by atoms with Gasteiger partial charge in [-0.2, -0.15) is 5.10 Å². The summed E-state index contributed by atoms with van der Waals surface area (Å²) in [5.74, 6) is 0.619. The minimum absolute atomic E-state index is 0.0489. The summed E-state index contributed by atoms with van der Waals surface area (Å²) < 4.78 is 7.44. The molecule has 1 unspecified atom stereocenters. The molecular weight excluding hydrogens is 304 g/mol. The van der Waals surface area contributed by atoms with Gasteiger partial charge < -0.3 is 10.1 Å². The maximum absolute atomic E-state index is 12.6. The number of ether oxygens (including phenoxy) is 1. The number of hydrogen-bond acceptors (Lipinski definition) is 4. The number of benzene rings is 1. The fraction of sp³-hybridized carbons (Fsp3) is 0.278. The summed E-state index contributed by atoms with van der Waals surface area (Å²) in [5, 5.41) is 8.24. The number of para-hydroxylation sites is 1. The van der Waals surface area contributed by atoms with Gasteiger partial charge in [0.2, 0.25) is 5.91 Å². The first-order valence-corrected chi connectivity index (χ1v) is 7.93. The lowest BCUT2D eigenvalue weighted by Crippen LogP contribution is -2.32. The maximum Gasteiger partial charge on any atom is 0.231 e. The van der Waals surface area contributed by atoms with Crippen molar-refractivity contribution >= 4 is 22.6 Å². The first-order chi connectivity index (χ1) is 11.6. The van der Waals surface area contributed by atoms with Crippen molar-refractivity contribution in [1.29, 1.82) is 0 Å². The van der Waals surface area contributed by atoms with Gasteiger partial charge in [0.15, 0.2) is 5.65 Å². The minimum atomic E-state index is -0.203. The van der Waals surface area contributed by atoms with Crippen LogP contribution in [-0.4, -0.2) is 27.3 Å². The molecule has 0 bridgehead atoms. The summed E-state index contributed by atoms with van der Waals surface area (Å²) in [6.07, 6.45) is 2.35. The number of aromatic nitrogens is 3. The molecule has 1 aliphatic rings. The maximum atomic E-state index is 12.6. The second-order valence-electron chi connectivity index (χ2n) is 6.11. The van der Waals surface area contributed by atoms with Crippen LogP contribution < -0.4 is 10.1 Å². The van der Waals surface area contributed by atoms with Gasteiger partial charge in [0.1, 0.15) is 12.4 Å². The molecular formula is C18H18N4O2. The second kappa shape index (κ2) is 5.63. The molecule has 1 amide bonds. The number of nitrogens with zero attached hydrogens (tertiary/aromatic N) is 3. The standard InChI is InChI=1S/C18H18N4O2/c1-11-15-8-14(9-19-17(15)22(2)21-11)20-18(23)13-7-12-5-3-4-6-16(12)24-10-13/h3-6,8-9,13H,7,10H2,1-2H3,(H,20,23). The third-order valence-electron chi connectivity index (χ3n) is 4.38. The zero-order valence-corrected chi connectivity index (χ0v) is 13.6. The Kier molecular flexibility index (Phi) is 3.45. The summed E-state index contributed by atoms with van der Waals surface area (Å²) in [4.78, 5) is 17.0. The fourth-order valence-corrected chi connectivity index (χ4v) is 3.12. The molecule has 0 saturated heterocycles. The molecule has 0 saturated carbocycles. The second-order valence-corrected chi connectivity index (χ2v) is 6.11. The zero-order valence-electron chi connectivity index (χ0n) is 13.6. The highest BCUT2D eigenvalue weighted by Gasteiger charge is 2.26. The van der Waals surface area contributed by atoms with E-state index in [1.54, 1.807) is 10.9 Å². The van der Waals surface area contributed by atoms with Gasteiger partial charge in [-0.05, 0) is 31.0 Å². The van der Waals surface area contributed by atoms with Crippen LogP contribution in [-0.2, 0) is 18.3 Å². The van der Waals surface area contributed by atoms with E-state index in [-0.39, 0.29) is 11.8 Å². The van der Waals surface area contributed by atoms with Crippen LogP contribution in [0.15, 0.2) is 36.5 Å². The van der Waals surface area contributed by atoms with Crippen LogP contribution in [0.3, 0.4) is 0 Å². The van der Waals surface area contributed by atoms with Crippen molar-refractivity contribution in [1.82, 2.24) is 14.8 Å². The molecule has 0 fully saturated rings. The van der Waals surface area contributed by atoms with Crippen molar-refractivity contribution in [3.8, 4) is 5.75 Å². The van der Waals surface area contributed by atoms with Crippen LogP contribution in [0.25, 0.3) is 11.0 Å². The number of aryl methyl sites for hydroxylation is 2. The monoisotopic (exact) mass is 322 g/mol. The van der Waals surface area contributed by atoms with Crippen LogP contribution in [0.4, 0.5) is 5.69 Å². The van der Waals surface area contributed by atoms with Crippen LogP contribution in [0.5, 0.6) is 5.75 Å². The van der Waals surface area contributed by atoms with Gasteiger partial charge in [-0.1, -0.05) is 18.2 Å². The van der Waals surface area contributed by atoms with Crippen LogP contribution in [0.2, 0.25) is 0 Å². The summed E-state index contributed by atoms with van der Waals surface area (Å²) in [7, 11) is 1.86. The predicted molar refractivity (Wildman–Crippen MR) is 91.0 cm³/mol. The van der Waals surface area contributed by atoms with E-state index < -0.39 is 0 Å². The lowest BCUT2D eigenvalue weighted by atomic mass is 9.96. The number of carbonyl (C=O) groups is 1. The smallest absolute Gasteiger partial charge is 0.231 e. The normalized spacial score (nSPS) is 16.5. The summed E-state index contributed by atoms with van der Waals surface area (Å²) in [6, 6.07) is 9.76. The lowest BCUT2D eigenvalue weighted by Gasteiger charge is -2.24. The van der Waals surface area contributed by atoms with Gasteiger partial charge in [0.05, 0.1) is 23.5 Å². The predicted octanol–water partition coefficient (Wildman–Crippen LogP) is 2.47.